The van der Waals surface area contributed by atoms with Crippen LogP contribution in [0, 0.1) is 5.92 Å². The summed E-state index contributed by atoms with van der Waals surface area (Å²) < 4.78 is 5.79. The summed E-state index contributed by atoms with van der Waals surface area (Å²) in [5.41, 5.74) is 1.52. The lowest BCUT2D eigenvalue weighted by molar-refractivity contribution is -0.0799. The zero-order chi connectivity index (χ0) is 13.3. The maximum Gasteiger partial charge on any atom is 0.0629 e. The van der Waals surface area contributed by atoms with Crippen LogP contribution in [0.2, 0.25) is 0 Å². The summed E-state index contributed by atoms with van der Waals surface area (Å²) in [5, 5.41) is 0. The van der Waals surface area contributed by atoms with Gasteiger partial charge in [0.25, 0.3) is 0 Å². The number of hydrogen-bond acceptors (Lipinski definition) is 3. The Hall–Kier alpha value is -0.930. The largest absolute Gasteiger partial charge is 0.376 e. The lowest BCUT2D eigenvalue weighted by Gasteiger charge is -2.44. The zero-order valence-electron chi connectivity index (χ0n) is 12.0. The van der Waals surface area contributed by atoms with E-state index in [0.29, 0.717) is 0 Å². The number of pyridine rings is 1. The number of likely N-dealkylation sites (tertiary alicyclic amines) is 1. The van der Waals surface area contributed by atoms with Crippen molar-refractivity contribution < 1.29 is 4.74 Å². The third-order valence-electron chi connectivity index (χ3n) is 4.45. The van der Waals surface area contributed by atoms with Crippen LogP contribution in [-0.2, 0) is 4.74 Å². The van der Waals surface area contributed by atoms with E-state index in [2.05, 4.69) is 35.9 Å². The van der Waals surface area contributed by atoms with Crippen LogP contribution in [-0.4, -0.2) is 41.7 Å². The minimum Gasteiger partial charge on any atom is -0.376 e. The minimum absolute atomic E-state index is 0.0816. The summed E-state index contributed by atoms with van der Waals surface area (Å²) in [5.74, 6) is 1.53. The first-order valence-corrected chi connectivity index (χ1v) is 7.39. The quantitative estimate of drug-likeness (QED) is 0.835. The second-order valence-corrected chi connectivity index (χ2v) is 6.66. The maximum atomic E-state index is 5.79. The molecular formula is C16H24N2O. The molecule has 3 heterocycles. The van der Waals surface area contributed by atoms with Crippen LogP contribution in [0.3, 0.4) is 0 Å². The first-order chi connectivity index (χ1) is 9.12. The van der Waals surface area contributed by atoms with Crippen molar-refractivity contribution in [1.29, 1.82) is 0 Å². The highest BCUT2D eigenvalue weighted by Gasteiger charge is 2.33. The molecule has 0 amide bonds. The standard InChI is InChI=1S/C16H24N2O/c1-16(2)9-13(5-8-19-16)10-18-11-15(12-18)14-3-6-17-7-4-14/h3-4,6-7,13,15H,5,8-12H2,1-2H3/t13-/m1/s1. The van der Waals surface area contributed by atoms with E-state index >= 15 is 0 Å². The number of rotatable bonds is 3. The molecule has 2 fully saturated rings. The number of ether oxygens (including phenoxy) is 1. The van der Waals surface area contributed by atoms with Crippen LogP contribution in [0.4, 0.5) is 0 Å². The maximum absolute atomic E-state index is 5.79. The average molecular weight is 260 g/mol. The van der Waals surface area contributed by atoms with E-state index in [9.17, 15) is 0 Å². The van der Waals surface area contributed by atoms with Gasteiger partial charge in [-0.1, -0.05) is 0 Å². The molecule has 3 nitrogen and oxygen atoms in total. The molecule has 1 aromatic heterocycles. The lowest BCUT2D eigenvalue weighted by Crippen LogP contribution is -2.49. The van der Waals surface area contributed by atoms with Gasteiger partial charge in [-0.2, -0.15) is 0 Å². The topological polar surface area (TPSA) is 25.4 Å². The average Bonchev–Trinajstić information content (AvgIpc) is 2.33. The highest BCUT2D eigenvalue weighted by Crippen LogP contribution is 2.32. The molecule has 0 bridgehead atoms. The van der Waals surface area contributed by atoms with Gasteiger partial charge in [0.05, 0.1) is 5.60 Å². The molecular weight excluding hydrogens is 236 g/mol. The molecule has 0 unspecified atom stereocenters. The molecule has 1 aromatic rings. The van der Waals surface area contributed by atoms with E-state index in [4.69, 9.17) is 4.74 Å². The van der Waals surface area contributed by atoms with Crippen LogP contribution in [0.1, 0.15) is 38.2 Å². The molecule has 0 saturated carbocycles. The summed E-state index contributed by atoms with van der Waals surface area (Å²) in [6, 6.07) is 4.30. The third-order valence-corrected chi connectivity index (χ3v) is 4.45. The molecule has 1 atom stereocenters. The third kappa shape index (κ3) is 3.15. The van der Waals surface area contributed by atoms with E-state index in [1.54, 1.807) is 0 Å². The zero-order valence-corrected chi connectivity index (χ0v) is 12.0. The Bertz CT molecular complexity index is 412. The van der Waals surface area contributed by atoms with Crippen molar-refractivity contribution in [2.24, 2.45) is 5.92 Å². The fourth-order valence-electron chi connectivity index (χ4n) is 3.44. The van der Waals surface area contributed by atoms with Gasteiger partial charge in [0.1, 0.15) is 0 Å². The Labute approximate surface area is 116 Å². The van der Waals surface area contributed by atoms with Gasteiger partial charge in [0.15, 0.2) is 0 Å². The summed E-state index contributed by atoms with van der Waals surface area (Å²) in [6.45, 7) is 9.03. The van der Waals surface area contributed by atoms with Crippen LogP contribution in [0.5, 0.6) is 0 Å². The van der Waals surface area contributed by atoms with E-state index in [1.807, 2.05) is 12.4 Å². The van der Waals surface area contributed by atoms with E-state index in [1.165, 1.54) is 38.0 Å². The Morgan fingerprint density at radius 2 is 2.05 bits per heavy atom. The van der Waals surface area contributed by atoms with Crippen molar-refractivity contribution in [3.05, 3.63) is 30.1 Å². The van der Waals surface area contributed by atoms with Crippen LogP contribution in [0.25, 0.3) is 0 Å². The van der Waals surface area contributed by atoms with E-state index < -0.39 is 0 Å². The molecule has 0 N–H and O–H groups in total. The Morgan fingerprint density at radius 1 is 1.32 bits per heavy atom. The molecule has 2 aliphatic heterocycles. The molecule has 3 rings (SSSR count). The monoisotopic (exact) mass is 260 g/mol. The van der Waals surface area contributed by atoms with Gasteiger partial charge in [0.2, 0.25) is 0 Å². The van der Waals surface area contributed by atoms with Gasteiger partial charge in [-0.25, -0.2) is 0 Å². The predicted octanol–water partition coefficient (Wildman–Crippen LogP) is 2.69. The number of aromatic nitrogens is 1. The summed E-state index contributed by atoms with van der Waals surface area (Å²) in [4.78, 5) is 6.68. The van der Waals surface area contributed by atoms with E-state index in [-0.39, 0.29) is 5.60 Å². The van der Waals surface area contributed by atoms with Crippen molar-refractivity contribution in [2.45, 2.75) is 38.2 Å². The fraction of sp³-hybridized carbons (Fsp3) is 0.688. The second kappa shape index (κ2) is 5.22. The van der Waals surface area contributed by atoms with Gasteiger partial charge in [-0.15, -0.1) is 0 Å². The smallest absolute Gasteiger partial charge is 0.0629 e. The normalized spacial score (nSPS) is 28.0. The fourth-order valence-corrected chi connectivity index (χ4v) is 3.44. The Balaban J connectivity index is 1.47. The molecule has 19 heavy (non-hydrogen) atoms. The highest BCUT2D eigenvalue weighted by atomic mass is 16.5. The van der Waals surface area contributed by atoms with Crippen LogP contribution < -0.4 is 0 Å². The van der Waals surface area contributed by atoms with Gasteiger partial charge in [-0.3, -0.25) is 4.98 Å². The first-order valence-electron chi connectivity index (χ1n) is 7.39. The molecule has 0 aliphatic carbocycles. The lowest BCUT2D eigenvalue weighted by atomic mass is 9.85. The van der Waals surface area contributed by atoms with Crippen molar-refractivity contribution in [3.8, 4) is 0 Å². The van der Waals surface area contributed by atoms with Gasteiger partial charge in [-0.05, 0) is 50.3 Å². The first kappa shape index (κ1) is 13.1. The molecule has 0 spiro atoms. The van der Waals surface area contributed by atoms with E-state index in [0.717, 1.165) is 18.4 Å². The predicted molar refractivity (Wildman–Crippen MR) is 76.2 cm³/mol. The summed E-state index contributed by atoms with van der Waals surface area (Å²) >= 11 is 0. The second-order valence-electron chi connectivity index (χ2n) is 6.66. The van der Waals surface area contributed by atoms with Crippen molar-refractivity contribution in [1.82, 2.24) is 9.88 Å². The molecule has 3 heteroatoms. The van der Waals surface area contributed by atoms with Crippen molar-refractivity contribution in [2.75, 3.05) is 26.2 Å². The molecule has 0 radical (unpaired) electrons. The summed E-state index contributed by atoms with van der Waals surface area (Å²) in [7, 11) is 0. The molecule has 104 valence electrons. The van der Waals surface area contributed by atoms with Crippen LogP contribution in [0.15, 0.2) is 24.5 Å². The Morgan fingerprint density at radius 3 is 2.74 bits per heavy atom. The molecule has 2 saturated heterocycles. The van der Waals surface area contributed by atoms with Gasteiger partial charge in [0, 0.05) is 44.6 Å². The Kier molecular flexibility index (Phi) is 3.59. The highest BCUT2D eigenvalue weighted by molar-refractivity contribution is 5.19. The molecule has 0 aromatic carbocycles. The van der Waals surface area contributed by atoms with Crippen LogP contribution >= 0.6 is 0 Å². The summed E-state index contributed by atoms with van der Waals surface area (Å²) in [6.07, 6.45) is 6.22. The van der Waals surface area contributed by atoms with Crippen molar-refractivity contribution in [3.63, 3.8) is 0 Å². The minimum atomic E-state index is 0.0816. The SMILES string of the molecule is CC1(C)C[C@H](CN2CC(c3ccncc3)C2)CCO1. The number of nitrogens with zero attached hydrogens (tertiary/aromatic N) is 2. The number of hydrogen-bond donors (Lipinski definition) is 0. The van der Waals surface area contributed by atoms with Gasteiger partial charge < -0.3 is 9.64 Å². The van der Waals surface area contributed by atoms with Crippen molar-refractivity contribution >= 4 is 0 Å². The molecule has 2 aliphatic rings. The van der Waals surface area contributed by atoms with Gasteiger partial charge >= 0.3 is 0 Å².